The number of hydrogen-bond acceptors (Lipinski definition) is 5. The van der Waals surface area contributed by atoms with E-state index < -0.39 is 0 Å². The van der Waals surface area contributed by atoms with E-state index in [0.29, 0.717) is 16.5 Å². The van der Waals surface area contributed by atoms with E-state index in [2.05, 4.69) is 54.7 Å². The molecule has 8 heteroatoms. The number of carbonyl (C=O) groups excluding carboxylic acids is 1. The fourth-order valence-corrected chi connectivity index (χ4v) is 4.56. The zero-order valence-electron chi connectivity index (χ0n) is 17.7. The van der Waals surface area contributed by atoms with Crippen molar-refractivity contribution in [1.29, 1.82) is 0 Å². The Labute approximate surface area is 193 Å². The molecule has 0 unspecified atom stereocenters. The third kappa shape index (κ3) is 4.60. The molecule has 0 fully saturated rings. The van der Waals surface area contributed by atoms with E-state index >= 15 is 0 Å². The number of rotatable bonds is 5. The maximum absolute atomic E-state index is 12.9. The van der Waals surface area contributed by atoms with Gasteiger partial charge in [0, 0.05) is 15.8 Å². The Morgan fingerprint density at radius 2 is 1.84 bits per heavy atom. The van der Waals surface area contributed by atoms with Crippen molar-refractivity contribution < 1.29 is 4.79 Å². The van der Waals surface area contributed by atoms with Gasteiger partial charge in [0.05, 0.1) is 17.1 Å². The monoisotopic (exact) mass is 495 g/mol. The first-order chi connectivity index (χ1) is 14.8. The van der Waals surface area contributed by atoms with E-state index in [4.69, 9.17) is 0 Å². The van der Waals surface area contributed by atoms with Crippen LogP contribution in [0.15, 0.2) is 46.9 Å². The lowest BCUT2D eigenvalue weighted by molar-refractivity contribution is 0.102. The summed E-state index contributed by atoms with van der Waals surface area (Å²) >= 11 is 4.94. The van der Waals surface area contributed by atoms with E-state index in [0.717, 1.165) is 38.3 Å². The van der Waals surface area contributed by atoms with Crippen molar-refractivity contribution in [2.24, 2.45) is 0 Å². The summed E-state index contributed by atoms with van der Waals surface area (Å²) in [6.07, 6.45) is 0.772. The average molecular weight is 496 g/mol. The van der Waals surface area contributed by atoms with Crippen LogP contribution in [0.1, 0.15) is 43.4 Å². The highest BCUT2D eigenvalue weighted by Crippen LogP contribution is 2.26. The molecule has 4 rings (SSSR count). The molecule has 2 heterocycles. The van der Waals surface area contributed by atoms with Crippen LogP contribution in [0, 0.1) is 27.7 Å². The minimum atomic E-state index is -0.307. The van der Waals surface area contributed by atoms with Crippen molar-refractivity contribution in [1.82, 2.24) is 20.0 Å². The number of carbonyl (C=O) groups is 1. The molecule has 0 radical (unpaired) electrons. The largest absolute Gasteiger partial charge is 0.296 e. The van der Waals surface area contributed by atoms with Crippen LogP contribution >= 0.6 is 27.3 Å². The third-order valence-corrected chi connectivity index (χ3v) is 6.70. The first-order valence-electron chi connectivity index (χ1n) is 9.84. The number of amides is 1. The zero-order valence-corrected chi connectivity index (χ0v) is 20.1. The summed E-state index contributed by atoms with van der Waals surface area (Å²) in [6, 6.07) is 14.3. The maximum atomic E-state index is 12.9. The predicted octanol–water partition coefficient (Wildman–Crippen LogP) is 5.56. The molecule has 0 saturated heterocycles. The fraction of sp³-hybridized carbons (Fsp3) is 0.217. The Hall–Kier alpha value is -2.84. The number of aryl methyl sites for hydroxylation is 3. The van der Waals surface area contributed by atoms with Gasteiger partial charge in [0.2, 0.25) is 0 Å². The molecule has 1 amide bonds. The molecule has 0 saturated carbocycles. The van der Waals surface area contributed by atoms with Crippen molar-refractivity contribution >= 4 is 38.3 Å². The average Bonchev–Trinajstić information content (AvgIpc) is 3.27. The number of nitrogens with zero attached hydrogens (tertiary/aromatic N) is 4. The van der Waals surface area contributed by atoms with Crippen LogP contribution in [0.25, 0.3) is 5.69 Å². The lowest BCUT2D eigenvalue weighted by Crippen LogP contribution is -2.14. The number of nitrogens with one attached hydrogen (secondary N) is 1. The molecule has 0 bridgehead atoms. The topological polar surface area (TPSA) is 72.7 Å². The van der Waals surface area contributed by atoms with E-state index in [9.17, 15) is 4.79 Å². The second-order valence-electron chi connectivity index (χ2n) is 7.51. The summed E-state index contributed by atoms with van der Waals surface area (Å²) < 4.78 is 2.76. The first kappa shape index (κ1) is 21.4. The Balaban J connectivity index is 1.53. The number of halogens is 1. The quantitative estimate of drug-likeness (QED) is 0.393. The van der Waals surface area contributed by atoms with E-state index in [1.54, 1.807) is 4.68 Å². The number of anilines is 1. The number of aromatic nitrogens is 4. The highest BCUT2D eigenvalue weighted by molar-refractivity contribution is 9.10. The minimum absolute atomic E-state index is 0.295. The molecule has 0 spiro atoms. The van der Waals surface area contributed by atoms with E-state index in [1.165, 1.54) is 16.9 Å². The summed E-state index contributed by atoms with van der Waals surface area (Å²) in [5.41, 5.74) is 6.21. The lowest BCUT2D eigenvalue weighted by Gasteiger charge is -2.08. The molecule has 2 aromatic carbocycles. The SMILES string of the molecule is Cc1ccc(C)c(-n2nnc(C(=O)Nc3nc(C)c(Cc4ccc(Br)cc4)s3)c2C)c1. The van der Waals surface area contributed by atoms with Gasteiger partial charge in [-0.1, -0.05) is 45.4 Å². The molecule has 0 aliphatic heterocycles. The highest BCUT2D eigenvalue weighted by Gasteiger charge is 2.20. The second-order valence-corrected chi connectivity index (χ2v) is 9.51. The Morgan fingerprint density at radius 1 is 1.10 bits per heavy atom. The van der Waals surface area contributed by atoms with Crippen LogP contribution in [0.3, 0.4) is 0 Å². The normalized spacial score (nSPS) is 11.0. The first-order valence-corrected chi connectivity index (χ1v) is 11.4. The molecule has 0 aliphatic carbocycles. The smallest absolute Gasteiger partial charge is 0.279 e. The minimum Gasteiger partial charge on any atom is -0.296 e. The Kier molecular flexibility index (Phi) is 6.02. The third-order valence-electron chi connectivity index (χ3n) is 5.09. The van der Waals surface area contributed by atoms with Crippen LogP contribution in [-0.2, 0) is 6.42 Å². The van der Waals surface area contributed by atoms with Crippen LogP contribution in [0.2, 0.25) is 0 Å². The number of benzene rings is 2. The van der Waals surface area contributed by atoms with Crippen molar-refractivity contribution in [2.75, 3.05) is 5.32 Å². The van der Waals surface area contributed by atoms with Gasteiger partial charge in [-0.25, -0.2) is 9.67 Å². The summed E-state index contributed by atoms with van der Waals surface area (Å²) in [7, 11) is 0. The lowest BCUT2D eigenvalue weighted by atomic mass is 10.1. The Bertz CT molecular complexity index is 1260. The van der Waals surface area contributed by atoms with Gasteiger partial charge in [-0.15, -0.1) is 16.4 Å². The summed E-state index contributed by atoms with van der Waals surface area (Å²) in [5, 5.41) is 11.8. The van der Waals surface area contributed by atoms with Gasteiger partial charge >= 0.3 is 0 Å². The highest BCUT2D eigenvalue weighted by atomic mass is 79.9. The molecule has 31 heavy (non-hydrogen) atoms. The maximum Gasteiger partial charge on any atom is 0.279 e. The van der Waals surface area contributed by atoms with Crippen LogP contribution in [0.5, 0.6) is 0 Å². The fourth-order valence-electron chi connectivity index (χ4n) is 3.30. The summed E-state index contributed by atoms with van der Waals surface area (Å²) in [6.45, 7) is 7.85. The summed E-state index contributed by atoms with van der Waals surface area (Å²) in [4.78, 5) is 18.5. The molecule has 4 aromatic rings. The molecule has 158 valence electrons. The van der Waals surface area contributed by atoms with Gasteiger partial charge in [0.15, 0.2) is 10.8 Å². The molecule has 6 nitrogen and oxygen atoms in total. The van der Waals surface area contributed by atoms with Crippen LogP contribution in [-0.4, -0.2) is 25.9 Å². The number of thiazole rings is 1. The van der Waals surface area contributed by atoms with Gasteiger partial charge in [-0.3, -0.25) is 10.1 Å². The van der Waals surface area contributed by atoms with E-state index in [-0.39, 0.29) is 5.91 Å². The van der Waals surface area contributed by atoms with Crippen molar-refractivity contribution in [3.63, 3.8) is 0 Å². The van der Waals surface area contributed by atoms with Crippen molar-refractivity contribution in [2.45, 2.75) is 34.1 Å². The van der Waals surface area contributed by atoms with Crippen LogP contribution in [0.4, 0.5) is 5.13 Å². The van der Waals surface area contributed by atoms with Crippen molar-refractivity contribution in [3.05, 3.63) is 85.6 Å². The predicted molar refractivity (Wildman–Crippen MR) is 127 cm³/mol. The van der Waals surface area contributed by atoms with Gasteiger partial charge in [0.25, 0.3) is 5.91 Å². The van der Waals surface area contributed by atoms with Crippen LogP contribution < -0.4 is 5.32 Å². The molecule has 0 aliphatic rings. The standard InChI is InChI=1S/C23H22BrN5OS/c1-13-5-6-14(2)19(11-13)29-16(4)21(27-28-29)22(30)26-23-25-15(3)20(31-23)12-17-7-9-18(24)10-8-17/h5-11H,12H2,1-4H3,(H,25,26,30). The molecular formula is C23H22BrN5OS. The molecule has 1 N–H and O–H groups in total. The molecule has 2 aromatic heterocycles. The molecule has 0 atom stereocenters. The van der Waals surface area contributed by atoms with Gasteiger partial charge in [0.1, 0.15) is 0 Å². The number of hydrogen-bond donors (Lipinski definition) is 1. The molecular weight excluding hydrogens is 474 g/mol. The zero-order chi connectivity index (χ0) is 22.1. The van der Waals surface area contributed by atoms with Crippen molar-refractivity contribution in [3.8, 4) is 5.69 Å². The second kappa shape index (κ2) is 8.72. The van der Waals surface area contributed by atoms with Gasteiger partial charge < -0.3 is 0 Å². The van der Waals surface area contributed by atoms with Gasteiger partial charge in [-0.05, 0) is 62.6 Å². The van der Waals surface area contributed by atoms with Gasteiger partial charge in [-0.2, -0.15) is 0 Å². The van der Waals surface area contributed by atoms with E-state index in [1.807, 2.05) is 52.0 Å². The summed E-state index contributed by atoms with van der Waals surface area (Å²) in [5.74, 6) is -0.307. The Morgan fingerprint density at radius 3 is 2.58 bits per heavy atom.